The van der Waals surface area contributed by atoms with Crippen LogP contribution in [0.4, 0.5) is 11.8 Å². The van der Waals surface area contributed by atoms with Crippen LogP contribution in [0.25, 0.3) is 22.0 Å². The quantitative estimate of drug-likeness (QED) is 0.457. The van der Waals surface area contributed by atoms with Crippen molar-refractivity contribution >= 4 is 28.4 Å². The van der Waals surface area contributed by atoms with Crippen molar-refractivity contribution in [1.82, 2.24) is 19.5 Å². The Morgan fingerprint density at radius 3 is 2.69 bits per heavy atom. The molecule has 0 spiro atoms. The number of aliphatic hydroxyl groups excluding tert-OH is 1. The number of anilines is 2. The fraction of sp³-hybridized carbons (Fsp3) is 0.316. The molecule has 10 heteroatoms. The summed E-state index contributed by atoms with van der Waals surface area (Å²) in [4.78, 5) is 36.9. The first-order valence-electron chi connectivity index (χ1n) is 9.22. The van der Waals surface area contributed by atoms with E-state index in [1.54, 1.807) is 24.5 Å². The number of hydrogen-bond donors (Lipinski definition) is 4. The lowest BCUT2D eigenvalue weighted by Crippen LogP contribution is -2.38. The highest BCUT2D eigenvalue weighted by Gasteiger charge is 2.29. The van der Waals surface area contributed by atoms with Crippen LogP contribution in [0.15, 0.2) is 35.5 Å². The second kappa shape index (κ2) is 7.47. The van der Waals surface area contributed by atoms with Crippen LogP contribution < -0.4 is 22.3 Å². The molecule has 3 heterocycles. The van der Waals surface area contributed by atoms with Gasteiger partial charge in [0.05, 0.1) is 11.1 Å². The lowest BCUT2D eigenvalue weighted by Gasteiger charge is -2.35. The molecule has 0 unspecified atom stereocenters. The van der Waals surface area contributed by atoms with Crippen molar-refractivity contribution in [3.05, 3.63) is 41.1 Å². The highest BCUT2D eigenvalue weighted by atomic mass is 16.3. The van der Waals surface area contributed by atoms with E-state index in [9.17, 15) is 14.7 Å². The van der Waals surface area contributed by atoms with Gasteiger partial charge in [-0.05, 0) is 36.3 Å². The van der Waals surface area contributed by atoms with Gasteiger partial charge in [0.15, 0.2) is 0 Å². The maximum atomic E-state index is 13.0. The van der Waals surface area contributed by atoms with Crippen LogP contribution in [0, 0.1) is 5.92 Å². The molecule has 0 aromatic carbocycles. The van der Waals surface area contributed by atoms with Crippen LogP contribution in [0.5, 0.6) is 0 Å². The summed E-state index contributed by atoms with van der Waals surface area (Å²) in [7, 11) is 0. The molecule has 1 aliphatic rings. The highest BCUT2D eigenvalue weighted by molar-refractivity contribution is 5.94. The third-order valence-corrected chi connectivity index (χ3v) is 5.09. The minimum Gasteiger partial charge on any atom is -0.396 e. The molecule has 6 N–H and O–H groups in total. The molecular formula is C19H21N7O3. The zero-order valence-corrected chi connectivity index (χ0v) is 15.6. The number of nitrogens with zero attached hydrogens (tertiary/aromatic N) is 4. The summed E-state index contributed by atoms with van der Waals surface area (Å²) >= 11 is 0. The predicted octanol–water partition coefficient (Wildman–Crippen LogP) is 0.104. The van der Waals surface area contributed by atoms with Crippen LogP contribution in [-0.2, 0) is 11.3 Å². The minimum absolute atomic E-state index is 0.102. The number of fused-ring (bicyclic) bond motifs is 1. The van der Waals surface area contributed by atoms with E-state index in [4.69, 9.17) is 11.5 Å². The molecule has 150 valence electrons. The standard InChI is InChI=1S/C19H21N7O3/c20-15(28)8-26-2-1-11-5-14(12-6-22-19(21)23-7-12)25-17(16(11)18(26)29)24-13-3-10(4-13)9-27/h1-2,5-7,10,13,27H,3-4,8-9H2,(H2,20,28)(H,24,25)(H2,21,22,23). The number of nitrogen functional groups attached to an aromatic ring is 1. The van der Waals surface area contributed by atoms with Gasteiger partial charge in [0, 0.05) is 36.8 Å². The van der Waals surface area contributed by atoms with Gasteiger partial charge in [0.25, 0.3) is 5.56 Å². The molecule has 1 fully saturated rings. The molecule has 10 nitrogen and oxygen atoms in total. The lowest BCUT2D eigenvalue weighted by molar-refractivity contribution is -0.118. The Kier molecular flexibility index (Phi) is 4.85. The molecular weight excluding hydrogens is 374 g/mol. The van der Waals surface area contributed by atoms with Crippen molar-refractivity contribution < 1.29 is 9.90 Å². The monoisotopic (exact) mass is 395 g/mol. The van der Waals surface area contributed by atoms with E-state index >= 15 is 0 Å². The maximum Gasteiger partial charge on any atom is 0.262 e. The van der Waals surface area contributed by atoms with Crippen LogP contribution >= 0.6 is 0 Å². The smallest absolute Gasteiger partial charge is 0.262 e. The third-order valence-electron chi connectivity index (χ3n) is 5.09. The first-order chi connectivity index (χ1) is 13.9. The highest BCUT2D eigenvalue weighted by Crippen LogP contribution is 2.32. The number of nitrogens with two attached hydrogens (primary N) is 2. The zero-order valence-electron chi connectivity index (χ0n) is 15.6. The first-order valence-corrected chi connectivity index (χ1v) is 9.22. The van der Waals surface area contributed by atoms with Gasteiger partial charge in [0.2, 0.25) is 11.9 Å². The average Bonchev–Trinajstić information content (AvgIpc) is 2.66. The summed E-state index contributed by atoms with van der Waals surface area (Å²) in [5.74, 6) is 0.222. The fourth-order valence-electron chi connectivity index (χ4n) is 3.51. The topological polar surface area (TPSA) is 162 Å². The van der Waals surface area contributed by atoms with Crippen LogP contribution in [0.2, 0.25) is 0 Å². The molecule has 1 amide bonds. The van der Waals surface area contributed by atoms with E-state index in [2.05, 4.69) is 20.3 Å². The number of hydrogen-bond acceptors (Lipinski definition) is 8. The summed E-state index contributed by atoms with van der Waals surface area (Å²) in [6, 6.07) is 3.61. The minimum atomic E-state index is -0.602. The van der Waals surface area contributed by atoms with Crippen molar-refractivity contribution in [1.29, 1.82) is 0 Å². The summed E-state index contributed by atoms with van der Waals surface area (Å²) in [5, 5.41) is 13.6. The molecule has 0 saturated heterocycles. The molecule has 0 aliphatic heterocycles. The first kappa shape index (κ1) is 18.8. The number of primary amides is 1. The number of amides is 1. The van der Waals surface area contributed by atoms with Gasteiger partial charge in [0.1, 0.15) is 12.4 Å². The van der Waals surface area contributed by atoms with E-state index in [-0.39, 0.29) is 36.6 Å². The second-order valence-corrected chi connectivity index (χ2v) is 7.23. The Morgan fingerprint density at radius 2 is 2.03 bits per heavy atom. The predicted molar refractivity (Wildman–Crippen MR) is 108 cm³/mol. The van der Waals surface area contributed by atoms with E-state index in [1.807, 2.05) is 0 Å². The number of carbonyl (C=O) groups excluding carboxylic acids is 1. The van der Waals surface area contributed by atoms with Crippen molar-refractivity contribution in [3.63, 3.8) is 0 Å². The van der Waals surface area contributed by atoms with E-state index in [0.29, 0.717) is 27.8 Å². The number of aromatic nitrogens is 4. The van der Waals surface area contributed by atoms with Gasteiger partial charge in [-0.2, -0.15) is 0 Å². The van der Waals surface area contributed by atoms with Gasteiger partial charge in [-0.25, -0.2) is 15.0 Å². The summed E-state index contributed by atoms with van der Waals surface area (Å²) in [6.07, 6.45) is 6.25. The van der Waals surface area contributed by atoms with Crippen molar-refractivity contribution in [2.75, 3.05) is 17.7 Å². The molecule has 0 radical (unpaired) electrons. The summed E-state index contributed by atoms with van der Waals surface area (Å²) in [6.45, 7) is -0.0711. The SMILES string of the molecule is NC(=O)Cn1ccc2cc(-c3cnc(N)nc3)nc(NC3CC(CO)C3)c2c1=O. The van der Waals surface area contributed by atoms with Gasteiger partial charge < -0.3 is 26.5 Å². The molecule has 1 saturated carbocycles. The second-order valence-electron chi connectivity index (χ2n) is 7.23. The Bertz CT molecular complexity index is 1120. The maximum absolute atomic E-state index is 13.0. The number of carbonyl (C=O) groups is 1. The van der Waals surface area contributed by atoms with Crippen LogP contribution in [0.1, 0.15) is 12.8 Å². The largest absolute Gasteiger partial charge is 0.396 e. The molecule has 0 bridgehead atoms. The summed E-state index contributed by atoms with van der Waals surface area (Å²) < 4.78 is 1.26. The Morgan fingerprint density at radius 1 is 1.31 bits per heavy atom. The van der Waals surface area contributed by atoms with Gasteiger partial charge in [-0.3, -0.25) is 9.59 Å². The van der Waals surface area contributed by atoms with Crippen LogP contribution in [-0.4, -0.2) is 43.2 Å². The Labute approximate surface area is 165 Å². The molecule has 4 rings (SSSR count). The van der Waals surface area contributed by atoms with E-state index in [0.717, 1.165) is 12.8 Å². The number of pyridine rings is 2. The van der Waals surface area contributed by atoms with E-state index in [1.165, 1.54) is 10.8 Å². The number of aliphatic hydroxyl groups is 1. The van der Waals surface area contributed by atoms with Crippen molar-refractivity contribution in [3.8, 4) is 11.3 Å². The van der Waals surface area contributed by atoms with Gasteiger partial charge in [-0.1, -0.05) is 0 Å². The Balaban J connectivity index is 1.82. The molecule has 3 aromatic rings. The van der Waals surface area contributed by atoms with E-state index < -0.39 is 5.91 Å². The third kappa shape index (κ3) is 3.74. The van der Waals surface area contributed by atoms with Gasteiger partial charge in [-0.15, -0.1) is 0 Å². The fourth-order valence-corrected chi connectivity index (χ4v) is 3.51. The normalized spacial score (nSPS) is 18.4. The van der Waals surface area contributed by atoms with Crippen molar-refractivity contribution in [2.24, 2.45) is 11.7 Å². The zero-order chi connectivity index (χ0) is 20.5. The number of rotatable bonds is 6. The molecule has 3 aromatic heterocycles. The Hall–Kier alpha value is -3.53. The number of nitrogens with one attached hydrogen (secondary N) is 1. The molecule has 29 heavy (non-hydrogen) atoms. The molecule has 0 atom stereocenters. The van der Waals surface area contributed by atoms with Crippen molar-refractivity contribution in [2.45, 2.75) is 25.4 Å². The molecule has 1 aliphatic carbocycles. The van der Waals surface area contributed by atoms with Gasteiger partial charge >= 0.3 is 0 Å². The van der Waals surface area contributed by atoms with Crippen LogP contribution in [0.3, 0.4) is 0 Å². The summed E-state index contributed by atoms with van der Waals surface area (Å²) in [5.41, 5.74) is 11.7. The average molecular weight is 395 g/mol. The lowest BCUT2D eigenvalue weighted by atomic mass is 9.81.